The van der Waals surface area contributed by atoms with Crippen LogP contribution in [0.5, 0.6) is 5.75 Å². The molecule has 0 fully saturated rings. The molecular formula is C16H23NO5S. The Hall–Kier alpha value is -1.60. The van der Waals surface area contributed by atoms with E-state index in [-0.39, 0.29) is 22.8 Å². The smallest absolute Gasteiger partial charge is 0.321 e. The zero-order valence-electron chi connectivity index (χ0n) is 13.8. The topological polar surface area (TPSA) is 92.7 Å². The SMILES string of the molecule is CC(C)C[C@@H](NS(=O)(=O)c1ccc2c(c1)CC(C)(C)O2)C(=O)O. The first kappa shape index (κ1) is 17.7. The normalized spacial score (nSPS) is 17.6. The van der Waals surface area contributed by atoms with Crippen LogP contribution >= 0.6 is 0 Å². The molecule has 0 amide bonds. The molecule has 1 heterocycles. The van der Waals surface area contributed by atoms with E-state index in [1.807, 2.05) is 27.7 Å². The van der Waals surface area contributed by atoms with E-state index < -0.39 is 22.0 Å². The highest BCUT2D eigenvalue weighted by Gasteiger charge is 2.32. The Kier molecular flexibility index (Phi) is 4.73. The number of nitrogens with one attached hydrogen (secondary N) is 1. The van der Waals surface area contributed by atoms with Crippen molar-refractivity contribution in [1.82, 2.24) is 4.72 Å². The number of ether oxygens (including phenoxy) is 1. The van der Waals surface area contributed by atoms with Crippen LogP contribution in [0.2, 0.25) is 0 Å². The van der Waals surface area contributed by atoms with Crippen molar-refractivity contribution in [2.24, 2.45) is 5.92 Å². The van der Waals surface area contributed by atoms with Gasteiger partial charge in [0.05, 0.1) is 4.90 Å². The van der Waals surface area contributed by atoms with E-state index in [0.29, 0.717) is 12.2 Å². The molecule has 0 aliphatic carbocycles. The van der Waals surface area contributed by atoms with Crippen LogP contribution in [0.1, 0.15) is 39.7 Å². The van der Waals surface area contributed by atoms with Crippen molar-refractivity contribution in [2.75, 3.05) is 0 Å². The van der Waals surface area contributed by atoms with Crippen molar-refractivity contribution in [1.29, 1.82) is 0 Å². The van der Waals surface area contributed by atoms with E-state index in [2.05, 4.69) is 4.72 Å². The number of carbonyl (C=O) groups is 1. The molecule has 0 aromatic heterocycles. The summed E-state index contributed by atoms with van der Waals surface area (Å²) in [5.74, 6) is -0.438. The Morgan fingerprint density at radius 3 is 2.61 bits per heavy atom. The Morgan fingerprint density at radius 1 is 1.39 bits per heavy atom. The number of fused-ring (bicyclic) bond motifs is 1. The molecule has 1 atom stereocenters. The second-order valence-electron chi connectivity index (χ2n) is 6.95. The monoisotopic (exact) mass is 341 g/mol. The third kappa shape index (κ3) is 4.23. The number of hydrogen-bond donors (Lipinski definition) is 2. The van der Waals surface area contributed by atoms with Gasteiger partial charge in [-0.15, -0.1) is 0 Å². The standard InChI is InChI=1S/C16H23NO5S/c1-10(2)7-13(15(18)19)17-23(20,21)12-5-6-14-11(8-12)9-16(3,4)22-14/h5-6,8,10,13,17H,7,9H2,1-4H3,(H,18,19)/t13-/m1/s1. The van der Waals surface area contributed by atoms with E-state index in [0.717, 1.165) is 5.56 Å². The summed E-state index contributed by atoms with van der Waals surface area (Å²) in [6.07, 6.45) is 0.843. The van der Waals surface area contributed by atoms with Crippen molar-refractivity contribution in [3.63, 3.8) is 0 Å². The maximum absolute atomic E-state index is 12.5. The summed E-state index contributed by atoms with van der Waals surface area (Å²) in [4.78, 5) is 11.3. The van der Waals surface area contributed by atoms with Crippen LogP contribution in [0.15, 0.2) is 23.1 Å². The van der Waals surface area contributed by atoms with E-state index in [4.69, 9.17) is 4.74 Å². The van der Waals surface area contributed by atoms with Crippen molar-refractivity contribution < 1.29 is 23.1 Å². The van der Waals surface area contributed by atoms with E-state index in [1.54, 1.807) is 12.1 Å². The van der Waals surface area contributed by atoms with Gasteiger partial charge in [-0.25, -0.2) is 8.42 Å². The molecule has 1 aromatic rings. The molecule has 128 valence electrons. The molecule has 2 rings (SSSR count). The van der Waals surface area contributed by atoms with Crippen molar-refractivity contribution in [3.05, 3.63) is 23.8 Å². The van der Waals surface area contributed by atoms with Gasteiger partial charge >= 0.3 is 5.97 Å². The fraction of sp³-hybridized carbons (Fsp3) is 0.562. The lowest BCUT2D eigenvalue weighted by Crippen LogP contribution is -2.41. The Labute approximate surface area is 136 Å². The van der Waals surface area contributed by atoms with Gasteiger partial charge in [-0.1, -0.05) is 13.8 Å². The first-order chi connectivity index (χ1) is 10.5. The highest BCUT2D eigenvalue weighted by molar-refractivity contribution is 7.89. The number of rotatable bonds is 6. The predicted octanol–water partition coefficient (Wildman–Crippen LogP) is 2.18. The van der Waals surface area contributed by atoms with Gasteiger partial charge in [-0.05, 0) is 49.9 Å². The molecular weight excluding hydrogens is 318 g/mol. The van der Waals surface area contributed by atoms with Gasteiger partial charge in [0.25, 0.3) is 0 Å². The molecule has 23 heavy (non-hydrogen) atoms. The van der Waals surface area contributed by atoms with Crippen LogP contribution in [0, 0.1) is 5.92 Å². The lowest BCUT2D eigenvalue weighted by atomic mass is 10.0. The summed E-state index contributed by atoms with van der Waals surface area (Å²) in [6, 6.07) is 3.48. The number of hydrogen-bond acceptors (Lipinski definition) is 4. The van der Waals surface area contributed by atoms with Gasteiger partial charge in [0.15, 0.2) is 0 Å². The molecule has 0 radical (unpaired) electrons. The maximum atomic E-state index is 12.5. The number of aliphatic carboxylic acids is 1. The molecule has 0 saturated carbocycles. The molecule has 1 aromatic carbocycles. The molecule has 0 saturated heterocycles. The van der Waals surface area contributed by atoms with Crippen LogP contribution in [0.3, 0.4) is 0 Å². The zero-order valence-corrected chi connectivity index (χ0v) is 14.6. The summed E-state index contributed by atoms with van der Waals surface area (Å²) in [7, 11) is -3.90. The van der Waals surface area contributed by atoms with Crippen LogP contribution in [0.4, 0.5) is 0 Å². The molecule has 7 heteroatoms. The lowest BCUT2D eigenvalue weighted by molar-refractivity contribution is -0.139. The van der Waals surface area contributed by atoms with E-state index in [9.17, 15) is 18.3 Å². The van der Waals surface area contributed by atoms with Gasteiger partial charge in [0.2, 0.25) is 10.0 Å². The quantitative estimate of drug-likeness (QED) is 0.827. The van der Waals surface area contributed by atoms with Gasteiger partial charge < -0.3 is 9.84 Å². The van der Waals surface area contributed by atoms with Gasteiger partial charge in [-0.2, -0.15) is 4.72 Å². The number of carboxylic acid groups (broad SMARTS) is 1. The minimum atomic E-state index is -3.90. The summed E-state index contributed by atoms with van der Waals surface area (Å²) in [6.45, 7) is 7.56. The van der Waals surface area contributed by atoms with Gasteiger partial charge in [0, 0.05) is 6.42 Å². The Balaban J connectivity index is 2.25. The molecule has 1 aliphatic heterocycles. The minimum Gasteiger partial charge on any atom is -0.487 e. The second-order valence-corrected chi connectivity index (χ2v) is 8.66. The predicted molar refractivity (Wildman–Crippen MR) is 86.1 cm³/mol. The van der Waals surface area contributed by atoms with Gasteiger partial charge in [-0.3, -0.25) is 4.79 Å². The molecule has 0 bridgehead atoms. The highest BCUT2D eigenvalue weighted by Crippen LogP contribution is 2.36. The summed E-state index contributed by atoms with van der Waals surface area (Å²) in [5.41, 5.74) is 0.452. The third-order valence-corrected chi connectivity index (χ3v) is 5.12. The molecule has 0 unspecified atom stereocenters. The fourth-order valence-corrected chi connectivity index (χ4v) is 3.93. The minimum absolute atomic E-state index is 0.0626. The van der Waals surface area contributed by atoms with Gasteiger partial charge in [0.1, 0.15) is 17.4 Å². The zero-order chi connectivity index (χ0) is 17.4. The Bertz CT molecular complexity index is 709. The van der Waals surface area contributed by atoms with Crippen molar-refractivity contribution in [3.8, 4) is 5.75 Å². The van der Waals surface area contributed by atoms with Crippen LogP contribution in [0.25, 0.3) is 0 Å². The molecule has 0 spiro atoms. The average molecular weight is 341 g/mol. The number of benzene rings is 1. The van der Waals surface area contributed by atoms with Crippen LogP contribution in [-0.4, -0.2) is 31.1 Å². The lowest BCUT2D eigenvalue weighted by Gasteiger charge is -2.17. The average Bonchev–Trinajstić information content (AvgIpc) is 2.69. The molecule has 6 nitrogen and oxygen atoms in total. The Morgan fingerprint density at radius 2 is 2.04 bits per heavy atom. The fourth-order valence-electron chi connectivity index (χ4n) is 2.68. The number of sulfonamides is 1. The highest BCUT2D eigenvalue weighted by atomic mass is 32.2. The maximum Gasteiger partial charge on any atom is 0.321 e. The first-order valence-electron chi connectivity index (χ1n) is 7.57. The van der Waals surface area contributed by atoms with Crippen molar-refractivity contribution in [2.45, 2.75) is 57.1 Å². The van der Waals surface area contributed by atoms with Crippen LogP contribution in [-0.2, 0) is 21.2 Å². The van der Waals surface area contributed by atoms with Crippen molar-refractivity contribution >= 4 is 16.0 Å². The largest absolute Gasteiger partial charge is 0.487 e. The summed E-state index contributed by atoms with van der Waals surface area (Å²) < 4.78 is 33.0. The van der Waals surface area contributed by atoms with Crippen LogP contribution < -0.4 is 9.46 Å². The molecule has 2 N–H and O–H groups in total. The first-order valence-corrected chi connectivity index (χ1v) is 9.05. The van der Waals surface area contributed by atoms with E-state index >= 15 is 0 Å². The second kappa shape index (κ2) is 6.13. The molecule has 1 aliphatic rings. The summed E-state index contributed by atoms with van der Waals surface area (Å²) in [5, 5.41) is 9.21. The third-order valence-electron chi connectivity index (χ3n) is 3.65. The van der Waals surface area contributed by atoms with E-state index in [1.165, 1.54) is 6.07 Å². The number of carboxylic acids is 1. The summed E-state index contributed by atoms with van der Waals surface area (Å²) >= 11 is 0.